The lowest BCUT2D eigenvalue weighted by Crippen LogP contribution is -2.25. The van der Waals surface area contributed by atoms with Gasteiger partial charge in [-0.2, -0.15) is 5.10 Å². The minimum Gasteiger partial charge on any atom is -0.488 e. The molecule has 0 aliphatic carbocycles. The van der Waals surface area contributed by atoms with Crippen LogP contribution in [-0.2, 0) is 11.4 Å². The summed E-state index contributed by atoms with van der Waals surface area (Å²) >= 11 is 3.45. The van der Waals surface area contributed by atoms with Crippen molar-refractivity contribution < 1.29 is 9.53 Å². The fourth-order valence-corrected chi connectivity index (χ4v) is 2.93. The van der Waals surface area contributed by atoms with Gasteiger partial charge in [-0.15, -0.1) is 0 Å². The van der Waals surface area contributed by atoms with E-state index in [9.17, 15) is 4.79 Å². The largest absolute Gasteiger partial charge is 0.488 e. The van der Waals surface area contributed by atoms with Crippen molar-refractivity contribution in [3.05, 3.63) is 94.0 Å². The molecule has 0 saturated heterocycles. The standard InChI is InChI=1S/C23H22BrN3O2/c1-17-7-10-21(11-8-17)25-15-23(28)27-26-14-19-13-20(24)9-12-22(19)29-16-18-5-3-2-4-6-18/h2-14,25H,15-16H2,1H3,(H,27,28). The molecule has 29 heavy (non-hydrogen) atoms. The Bertz CT molecular complexity index is 973. The van der Waals surface area contributed by atoms with Crippen LogP contribution >= 0.6 is 15.9 Å². The zero-order chi connectivity index (χ0) is 20.5. The zero-order valence-corrected chi connectivity index (χ0v) is 17.6. The maximum absolute atomic E-state index is 12.0. The van der Waals surface area contributed by atoms with Crippen LogP contribution in [0.25, 0.3) is 0 Å². The van der Waals surface area contributed by atoms with E-state index in [1.807, 2.05) is 79.7 Å². The molecule has 0 radical (unpaired) electrons. The van der Waals surface area contributed by atoms with Crippen molar-refractivity contribution in [2.75, 3.05) is 11.9 Å². The second-order valence-corrected chi connectivity index (χ2v) is 7.38. The summed E-state index contributed by atoms with van der Waals surface area (Å²) in [5.41, 5.74) is 6.43. The van der Waals surface area contributed by atoms with Crippen LogP contribution in [0.15, 0.2) is 82.4 Å². The van der Waals surface area contributed by atoms with Crippen LogP contribution in [0.3, 0.4) is 0 Å². The van der Waals surface area contributed by atoms with E-state index in [2.05, 4.69) is 31.8 Å². The summed E-state index contributed by atoms with van der Waals surface area (Å²) in [6.45, 7) is 2.61. The molecule has 1 amide bonds. The van der Waals surface area contributed by atoms with Gasteiger partial charge in [0.15, 0.2) is 0 Å². The van der Waals surface area contributed by atoms with Crippen molar-refractivity contribution >= 4 is 33.7 Å². The Balaban J connectivity index is 1.55. The van der Waals surface area contributed by atoms with Gasteiger partial charge < -0.3 is 10.1 Å². The quantitative estimate of drug-likeness (QED) is 0.378. The minimum absolute atomic E-state index is 0.135. The molecule has 5 nitrogen and oxygen atoms in total. The molecule has 3 rings (SSSR count). The minimum atomic E-state index is -0.233. The third-order valence-electron chi connectivity index (χ3n) is 4.11. The lowest BCUT2D eigenvalue weighted by Gasteiger charge is -2.10. The number of nitrogens with one attached hydrogen (secondary N) is 2. The van der Waals surface area contributed by atoms with Crippen molar-refractivity contribution in [3.8, 4) is 5.75 Å². The normalized spacial score (nSPS) is 10.7. The maximum atomic E-state index is 12.0. The predicted molar refractivity (Wildman–Crippen MR) is 120 cm³/mol. The number of amides is 1. The average Bonchev–Trinajstić information content (AvgIpc) is 2.73. The maximum Gasteiger partial charge on any atom is 0.259 e. The molecule has 0 aromatic heterocycles. The summed E-state index contributed by atoms with van der Waals surface area (Å²) < 4.78 is 6.81. The van der Waals surface area contributed by atoms with Gasteiger partial charge in [-0.25, -0.2) is 5.43 Å². The van der Waals surface area contributed by atoms with Gasteiger partial charge >= 0.3 is 0 Å². The SMILES string of the molecule is Cc1ccc(NCC(=O)NN=Cc2cc(Br)ccc2OCc2ccccc2)cc1. The molecule has 148 valence electrons. The van der Waals surface area contributed by atoms with Crippen molar-refractivity contribution in [1.29, 1.82) is 0 Å². The van der Waals surface area contributed by atoms with Gasteiger partial charge in [-0.05, 0) is 42.8 Å². The Morgan fingerprint density at radius 3 is 2.59 bits per heavy atom. The smallest absolute Gasteiger partial charge is 0.259 e. The number of nitrogens with zero attached hydrogens (tertiary/aromatic N) is 1. The molecule has 0 aliphatic heterocycles. The summed E-state index contributed by atoms with van der Waals surface area (Å²) in [4.78, 5) is 12.0. The van der Waals surface area contributed by atoms with Crippen molar-refractivity contribution in [2.24, 2.45) is 5.10 Å². The number of hydrazone groups is 1. The Kier molecular flexibility index (Phi) is 7.41. The van der Waals surface area contributed by atoms with Gasteiger partial charge in [0.05, 0.1) is 12.8 Å². The van der Waals surface area contributed by atoms with Crippen molar-refractivity contribution in [2.45, 2.75) is 13.5 Å². The second-order valence-electron chi connectivity index (χ2n) is 6.47. The Morgan fingerprint density at radius 1 is 1.07 bits per heavy atom. The number of benzene rings is 3. The fourth-order valence-electron chi connectivity index (χ4n) is 2.55. The van der Waals surface area contributed by atoms with E-state index in [4.69, 9.17) is 4.74 Å². The van der Waals surface area contributed by atoms with E-state index in [-0.39, 0.29) is 12.5 Å². The van der Waals surface area contributed by atoms with E-state index in [1.54, 1.807) is 6.21 Å². The number of anilines is 1. The van der Waals surface area contributed by atoms with Gasteiger partial charge in [-0.1, -0.05) is 64.0 Å². The Hall–Kier alpha value is -3.12. The number of rotatable bonds is 8. The summed E-state index contributed by atoms with van der Waals surface area (Å²) in [7, 11) is 0. The van der Waals surface area contributed by atoms with Crippen LogP contribution in [0.4, 0.5) is 5.69 Å². The number of hydrogen-bond acceptors (Lipinski definition) is 4. The number of halogens is 1. The molecule has 0 bridgehead atoms. The Labute approximate surface area is 178 Å². The number of carbonyl (C=O) groups is 1. The molecule has 0 fully saturated rings. The number of carbonyl (C=O) groups excluding carboxylic acids is 1. The molecule has 0 spiro atoms. The number of aryl methyl sites for hydroxylation is 1. The summed E-state index contributed by atoms with van der Waals surface area (Å²) in [5, 5.41) is 7.12. The summed E-state index contributed by atoms with van der Waals surface area (Å²) in [6.07, 6.45) is 1.58. The lowest BCUT2D eigenvalue weighted by atomic mass is 10.2. The summed E-state index contributed by atoms with van der Waals surface area (Å²) in [5.74, 6) is 0.455. The first-order valence-electron chi connectivity index (χ1n) is 9.19. The Morgan fingerprint density at radius 2 is 1.83 bits per heavy atom. The molecule has 0 saturated carbocycles. The molecule has 3 aromatic carbocycles. The van der Waals surface area contributed by atoms with Crippen LogP contribution < -0.4 is 15.5 Å². The van der Waals surface area contributed by atoms with E-state index >= 15 is 0 Å². The van der Waals surface area contributed by atoms with Crippen LogP contribution in [-0.4, -0.2) is 18.7 Å². The van der Waals surface area contributed by atoms with Gasteiger partial charge in [0.25, 0.3) is 5.91 Å². The van der Waals surface area contributed by atoms with Crippen LogP contribution in [0.1, 0.15) is 16.7 Å². The molecular weight excluding hydrogens is 430 g/mol. The molecule has 0 aliphatic rings. The highest BCUT2D eigenvalue weighted by Crippen LogP contribution is 2.22. The van der Waals surface area contributed by atoms with Gasteiger partial charge in [0.1, 0.15) is 12.4 Å². The molecule has 0 atom stereocenters. The first-order valence-corrected chi connectivity index (χ1v) is 9.98. The number of hydrogen-bond donors (Lipinski definition) is 2. The average molecular weight is 452 g/mol. The predicted octanol–water partition coefficient (Wildman–Crippen LogP) is 4.90. The highest BCUT2D eigenvalue weighted by atomic mass is 79.9. The highest BCUT2D eigenvalue weighted by Gasteiger charge is 2.04. The topological polar surface area (TPSA) is 62.7 Å². The fraction of sp³-hybridized carbons (Fsp3) is 0.130. The molecule has 2 N–H and O–H groups in total. The third-order valence-corrected chi connectivity index (χ3v) is 4.60. The van der Waals surface area contributed by atoms with Crippen LogP contribution in [0.2, 0.25) is 0 Å². The van der Waals surface area contributed by atoms with E-state index in [0.29, 0.717) is 12.4 Å². The van der Waals surface area contributed by atoms with Gasteiger partial charge in [-0.3, -0.25) is 4.79 Å². The molecular formula is C23H22BrN3O2. The van der Waals surface area contributed by atoms with Gasteiger partial charge in [0, 0.05) is 15.7 Å². The zero-order valence-electron chi connectivity index (χ0n) is 16.1. The molecule has 0 unspecified atom stereocenters. The van der Waals surface area contributed by atoms with Crippen molar-refractivity contribution in [1.82, 2.24) is 5.43 Å². The van der Waals surface area contributed by atoms with E-state index in [0.717, 1.165) is 21.3 Å². The van der Waals surface area contributed by atoms with Crippen LogP contribution in [0, 0.1) is 6.92 Å². The van der Waals surface area contributed by atoms with Gasteiger partial charge in [0.2, 0.25) is 0 Å². The van der Waals surface area contributed by atoms with E-state index < -0.39 is 0 Å². The monoisotopic (exact) mass is 451 g/mol. The number of ether oxygens (including phenoxy) is 1. The van der Waals surface area contributed by atoms with Crippen LogP contribution in [0.5, 0.6) is 5.75 Å². The molecule has 0 heterocycles. The highest BCUT2D eigenvalue weighted by molar-refractivity contribution is 9.10. The summed E-state index contributed by atoms with van der Waals surface area (Å²) in [6, 6.07) is 23.4. The third kappa shape index (κ3) is 6.76. The van der Waals surface area contributed by atoms with Crippen molar-refractivity contribution in [3.63, 3.8) is 0 Å². The molecule has 3 aromatic rings. The first kappa shape index (κ1) is 20.6. The second kappa shape index (κ2) is 10.4. The molecule has 6 heteroatoms. The van der Waals surface area contributed by atoms with E-state index in [1.165, 1.54) is 5.56 Å². The lowest BCUT2D eigenvalue weighted by molar-refractivity contribution is -0.119. The first-order chi connectivity index (χ1) is 14.1.